The summed E-state index contributed by atoms with van der Waals surface area (Å²) in [6.45, 7) is 1.24. The van der Waals surface area contributed by atoms with Gasteiger partial charge in [0.2, 0.25) is 15.9 Å². The monoisotopic (exact) mass is 496 g/mol. The number of halogens is 1. The van der Waals surface area contributed by atoms with Gasteiger partial charge in [0.1, 0.15) is 5.82 Å². The third kappa shape index (κ3) is 5.01. The molecule has 1 aliphatic heterocycles. The van der Waals surface area contributed by atoms with Gasteiger partial charge in [-0.3, -0.25) is 9.48 Å². The molecule has 0 bridgehead atoms. The van der Waals surface area contributed by atoms with Crippen LogP contribution in [0.1, 0.15) is 48.5 Å². The van der Waals surface area contributed by atoms with Crippen molar-refractivity contribution in [3.63, 3.8) is 0 Å². The maximum Gasteiger partial charge on any atom is 0.243 e. The Labute approximate surface area is 205 Å². The highest BCUT2D eigenvalue weighted by Gasteiger charge is 2.34. The van der Waals surface area contributed by atoms with Crippen LogP contribution >= 0.6 is 0 Å². The summed E-state index contributed by atoms with van der Waals surface area (Å²) in [6.07, 6.45) is 5.58. The van der Waals surface area contributed by atoms with Crippen LogP contribution in [0, 0.1) is 11.7 Å². The summed E-state index contributed by atoms with van der Waals surface area (Å²) in [7, 11) is -3.69. The first kappa shape index (κ1) is 23.7. The number of benzene rings is 2. The number of carbonyl (C=O) groups is 1. The minimum Gasteiger partial charge on any atom is -0.349 e. The SMILES string of the molecule is O=C(NC1CCCc2c1cnn2Cc1ccccc1)C1CCN(S(=O)(=O)c2ccc(F)cc2)CC1. The number of rotatable bonds is 6. The number of piperidine rings is 1. The molecule has 1 aromatic heterocycles. The van der Waals surface area contributed by atoms with Gasteiger partial charge in [-0.1, -0.05) is 30.3 Å². The first-order valence-corrected chi connectivity index (χ1v) is 13.5. The zero-order valence-corrected chi connectivity index (χ0v) is 20.3. The Morgan fingerprint density at radius 2 is 1.74 bits per heavy atom. The first-order valence-electron chi connectivity index (χ1n) is 12.1. The van der Waals surface area contributed by atoms with E-state index in [0.29, 0.717) is 19.4 Å². The summed E-state index contributed by atoms with van der Waals surface area (Å²) in [5.74, 6) is -0.743. The lowest BCUT2D eigenvalue weighted by Crippen LogP contribution is -2.44. The van der Waals surface area contributed by atoms with Gasteiger partial charge in [-0.05, 0) is 61.9 Å². The smallest absolute Gasteiger partial charge is 0.243 e. The molecule has 7 nitrogen and oxygen atoms in total. The van der Waals surface area contributed by atoms with Crippen molar-refractivity contribution in [2.24, 2.45) is 5.92 Å². The molecule has 1 unspecified atom stereocenters. The second-order valence-electron chi connectivity index (χ2n) is 9.28. The highest BCUT2D eigenvalue weighted by molar-refractivity contribution is 7.89. The fraction of sp³-hybridized carbons (Fsp3) is 0.385. The average molecular weight is 497 g/mol. The maximum absolute atomic E-state index is 13.2. The molecule has 1 saturated heterocycles. The molecule has 1 N–H and O–H groups in total. The Kier molecular flexibility index (Phi) is 6.71. The van der Waals surface area contributed by atoms with Crippen LogP contribution in [0.3, 0.4) is 0 Å². The van der Waals surface area contributed by atoms with Crippen molar-refractivity contribution in [1.82, 2.24) is 19.4 Å². The number of nitrogens with one attached hydrogen (secondary N) is 1. The predicted octanol–water partition coefficient (Wildman–Crippen LogP) is 3.67. The van der Waals surface area contributed by atoms with Gasteiger partial charge in [0.15, 0.2) is 0 Å². The number of carbonyl (C=O) groups excluding carboxylic acids is 1. The molecule has 1 fully saturated rings. The van der Waals surface area contributed by atoms with E-state index in [-0.39, 0.29) is 35.9 Å². The Morgan fingerprint density at radius 1 is 1.03 bits per heavy atom. The molecule has 9 heteroatoms. The number of nitrogens with zero attached hydrogens (tertiary/aromatic N) is 3. The van der Waals surface area contributed by atoms with Crippen LogP contribution in [-0.4, -0.2) is 41.5 Å². The molecule has 3 aromatic rings. The van der Waals surface area contributed by atoms with Crippen LogP contribution in [0.4, 0.5) is 4.39 Å². The van der Waals surface area contributed by atoms with Crippen LogP contribution in [-0.2, 0) is 27.8 Å². The Morgan fingerprint density at radius 3 is 2.46 bits per heavy atom. The minimum absolute atomic E-state index is 0.0301. The van der Waals surface area contributed by atoms with E-state index in [1.54, 1.807) is 0 Å². The maximum atomic E-state index is 13.2. The van der Waals surface area contributed by atoms with Crippen LogP contribution in [0.5, 0.6) is 0 Å². The zero-order chi connectivity index (χ0) is 24.4. The fourth-order valence-electron chi connectivity index (χ4n) is 5.06. The normalized spacial score (nSPS) is 19.3. The van der Waals surface area contributed by atoms with Crippen molar-refractivity contribution in [2.45, 2.75) is 49.6 Å². The van der Waals surface area contributed by atoms with Crippen LogP contribution in [0.2, 0.25) is 0 Å². The minimum atomic E-state index is -3.69. The quantitative estimate of drug-likeness (QED) is 0.565. The van der Waals surface area contributed by atoms with Gasteiger partial charge in [-0.2, -0.15) is 9.40 Å². The molecule has 1 amide bonds. The molecular weight excluding hydrogens is 467 g/mol. The van der Waals surface area contributed by atoms with Crippen molar-refractivity contribution in [1.29, 1.82) is 0 Å². The topological polar surface area (TPSA) is 84.3 Å². The molecule has 2 aliphatic rings. The standard InChI is InChI=1S/C26H29FN4O3S/c27-21-9-11-22(12-10-21)35(33,34)30-15-13-20(14-16-30)26(32)29-24-7-4-8-25-23(24)17-28-31(25)18-19-5-2-1-3-6-19/h1-3,5-6,9-12,17,20,24H,4,7-8,13-16,18H2,(H,29,32). The number of hydrogen-bond acceptors (Lipinski definition) is 4. The molecule has 2 heterocycles. The number of fused-ring (bicyclic) bond motifs is 1. The second-order valence-corrected chi connectivity index (χ2v) is 11.2. The van der Waals surface area contributed by atoms with Crippen molar-refractivity contribution >= 4 is 15.9 Å². The van der Waals surface area contributed by atoms with E-state index < -0.39 is 15.8 Å². The van der Waals surface area contributed by atoms with Crippen LogP contribution < -0.4 is 5.32 Å². The van der Waals surface area contributed by atoms with Crippen LogP contribution in [0.15, 0.2) is 65.7 Å². The van der Waals surface area contributed by atoms with Gasteiger partial charge in [-0.15, -0.1) is 0 Å². The molecule has 0 saturated carbocycles. The largest absolute Gasteiger partial charge is 0.349 e. The highest BCUT2D eigenvalue weighted by atomic mass is 32.2. The second kappa shape index (κ2) is 9.91. The summed E-state index contributed by atoms with van der Waals surface area (Å²) < 4.78 is 42.3. The van der Waals surface area contributed by atoms with Crippen molar-refractivity contribution in [3.8, 4) is 0 Å². The summed E-state index contributed by atoms with van der Waals surface area (Å²) >= 11 is 0. The lowest BCUT2D eigenvalue weighted by atomic mass is 9.91. The van der Waals surface area contributed by atoms with E-state index in [2.05, 4.69) is 22.5 Å². The van der Waals surface area contributed by atoms with Gasteiger partial charge in [0, 0.05) is 30.3 Å². The van der Waals surface area contributed by atoms with E-state index in [9.17, 15) is 17.6 Å². The van der Waals surface area contributed by atoms with E-state index >= 15 is 0 Å². The van der Waals surface area contributed by atoms with Gasteiger partial charge in [0.25, 0.3) is 0 Å². The number of amides is 1. The average Bonchev–Trinajstić information content (AvgIpc) is 3.28. The predicted molar refractivity (Wildman–Crippen MR) is 129 cm³/mol. The molecule has 1 atom stereocenters. The molecule has 184 valence electrons. The molecule has 5 rings (SSSR count). The Balaban J connectivity index is 1.20. The highest BCUT2D eigenvalue weighted by Crippen LogP contribution is 2.31. The molecule has 0 radical (unpaired) electrons. The fourth-order valence-corrected chi connectivity index (χ4v) is 6.53. The van der Waals surface area contributed by atoms with Crippen molar-refractivity contribution in [3.05, 3.63) is 83.4 Å². The third-order valence-corrected chi connectivity index (χ3v) is 8.94. The van der Waals surface area contributed by atoms with Gasteiger partial charge >= 0.3 is 0 Å². The van der Waals surface area contributed by atoms with Gasteiger partial charge in [0.05, 0.1) is 23.7 Å². The summed E-state index contributed by atoms with van der Waals surface area (Å²) in [5.41, 5.74) is 3.44. The number of aromatic nitrogens is 2. The van der Waals surface area contributed by atoms with Crippen molar-refractivity contribution < 1.29 is 17.6 Å². The molecule has 35 heavy (non-hydrogen) atoms. The number of sulfonamides is 1. The van der Waals surface area contributed by atoms with Crippen LogP contribution in [0.25, 0.3) is 0 Å². The van der Waals surface area contributed by atoms with E-state index in [1.807, 2.05) is 29.1 Å². The number of hydrogen-bond donors (Lipinski definition) is 1. The van der Waals surface area contributed by atoms with Gasteiger partial charge < -0.3 is 5.32 Å². The Bertz CT molecular complexity index is 1280. The molecule has 2 aromatic carbocycles. The molecular formula is C26H29FN4O3S. The third-order valence-electron chi connectivity index (χ3n) is 7.03. The molecule has 1 aliphatic carbocycles. The molecule has 0 spiro atoms. The lowest BCUT2D eigenvalue weighted by Gasteiger charge is -2.32. The zero-order valence-electron chi connectivity index (χ0n) is 19.4. The lowest BCUT2D eigenvalue weighted by molar-refractivity contribution is -0.127. The van der Waals surface area contributed by atoms with E-state index in [4.69, 9.17) is 0 Å². The van der Waals surface area contributed by atoms with Crippen molar-refractivity contribution in [2.75, 3.05) is 13.1 Å². The summed E-state index contributed by atoms with van der Waals surface area (Å²) in [4.78, 5) is 13.2. The van der Waals surface area contributed by atoms with Gasteiger partial charge in [-0.25, -0.2) is 12.8 Å². The Hall–Kier alpha value is -3.04. The van der Waals surface area contributed by atoms with E-state index in [0.717, 1.165) is 37.0 Å². The summed E-state index contributed by atoms with van der Waals surface area (Å²) in [5, 5.41) is 7.81. The summed E-state index contributed by atoms with van der Waals surface area (Å²) in [6, 6.07) is 15.0. The van der Waals surface area contributed by atoms with E-state index in [1.165, 1.54) is 27.7 Å². The first-order chi connectivity index (χ1) is 16.9.